The molecule has 2 aromatic carbocycles. The molecule has 33 heavy (non-hydrogen) atoms. The molecule has 0 N–H and O–H groups in total. The summed E-state index contributed by atoms with van der Waals surface area (Å²) in [6.45, 7) is 5.42. The summed E-state index contributed by atoms with van der Waals surface area (Å²) in [6.07, 6.45) is 3.70. The summed E-state index contributed by atoms with van der Waals surface area (Å²) in [5, 5.41) is 0. The average molecular weight is 457 g/mol. The van der Waals surface area contributed by atoms with Gasteiger partial charge in [0.1, 0.15) is 5.82 Å². The van der Waals surface area contributed by atoms with E-state index in [0.717, 1.165) is 64.3 Å². The zero-order valence-electron chi connectivity index (χ0n) is 19.3. The minimum Gasteiger partial charge on any atom is -0.493 e. The van der Waals surface area contributed by atoms with Crippen molar-refractivity contribution < 1.29 is 23.4 Å². The number of likely N-dealkylation sites (tertiary alicyclic amines) is 1. The van der Waals surface area contributed by atoms with Crippen molar-refractivity contribution in [2.75, 3.05) is 46.6 Å². The Morgan fingerprint density at radius 1 is 1.09 bits per heavy atom. The van der Waals surface area contributed by atoms with Gasteiger partial charge < -0.3 is 19.1 Å². The van der Waals surface area contributed by atoms with Crippen LogP contribution in [0.1, 0.15) is 41.6 Å². The molecule has 2 heterocycles. The van der Waals surface area contributed by atoms with Crippen LogP contribution in [0.3, 0.4) is 0 Å². The third kappa shape index (κ3) is 6.24. The van der Waals surface area contributed by atoms with Crippen molar-refractivity contribution >= 4 is 5.91 Å². The molecule has 0 aliphatic carbocycles. The summed E-state index contributed by atoms with van der Waals surface area (Å²) in [5.41, 5.74) is 1.58. The fourth-order valence-corrected chi connectivity index (χ4v) is 4.61. The van der Waals surface area contributed by atoms with Gasteiger partial charge in [0, 0.05) is 44.2 Å². The van der Waals surface area contributed by atoms with Gasteiger partial charge in [0.2, 0.25) is 0 Å². The number of piperidine rings is 1. The number of morpholine rings is 1. The van der Waals surface area contributed by atoms with Crippen LogP contribution in [0.15, 0.2) is 42.5 Å². The number of nitrogens with zero attached hydrogens (tertiary/aromatic N) is 2. The molecule has 2 aliphatic rings. The SMILES string of the molecule is COc1ccc(CN2CCOCC2)cc1OCCC1CCCCN1C(=O)c1cccc(F)c1. The molecule has 1 amide bonds. The summed E-state index contributed by atoms with van der Waals surface area (Å²) >= 11 is 0. The Labute approximate surface area is 195 Å². The number of carbonyl (C=O) groups is 1. The van der Waals surface area contributed by atoms with Gasteiger partial charge in [-0.1, -0.05) is 12.1 Å². The zero-order chi connectivity index (χ0) is 23.0. The Balaban J connectivity index is 1.37. The van der Waals surface area contributed by atoms with Gasteiger partial charge in [-0.2, -0.15) is 0 Å². The largest absolute Gasteiger partial charge is 0.493 e. The van der Waals surface area contributed by atoms with E-state index >= 15 is 0 Å². The molecule has 7 heteroatoms. The molecular formula is C26H33FN2O4. The molecule has 1 unspecified atom stereocenters. The molecule has 0 bridgehead atoms. The Bertz CT molecular complexity index is 932. The number of halogens is 1. The molecule has 178 valence electrons. The fraction of sp³-hybridized carbons (Fsp3) is 0.500. The lowest BCUT2D eigenvalue weighted by molar-refractivity contribution is 0.0341. The topological polar surface area (TPSA) is 51.2 Å². The van der Waals surface area contributed by atoms with Crippen molar-refractivity contribution in [2.45, 2.75) is 38.3 Å². The number of benzene rings is 2. The van der Waals surface area contributed by atoms with Gasteiger partial charge >= 0.3 is 0 Å². The van der Waals surface area contributed by atoms with E-state index < -0.39 is 0 Å². The number of carbonyl (C=O) groups excluding carboxylic acids is 1. The highest BCUT2D eigenvalue weighted by molar-refractivity contribution is 5.94. The third-order valence-electron chi connectivity index (χ3n) is 6.41. The second-order valence-electron chi connectivity index (χ2n) is 8.67. The van der Waals surface area contributed by atoms with Crippen LogP contribution in [0.2, 0.25) is 0 Å². The van der Waals surface area contributed by atoms with Crippen LogP contribution in [0.5, 0.6) is 11.5 Å². The van der Waals surface area contributed by atoms with Gasteiger partial charge in [-0.25, -0.2) is 4.39 Å². The van der Waals surface area contributed by atoms with Crippen molar-refractivity contribution in [3.8, 4) is 11.5 Å². The molecular weight excluding hydrogens is 423 g/mol. The quantitative estimate of drug-likeness (QED) is 0.598. The van der Waals surface area contributed by atoms with Crippen molar-refractivity contribution in [1.82, 2.24) is 9.80 Å². The summed E-state index contributed by atoms with van der Waals surface area (Å²) in [6, 6.07) is 12.1. The van der Waals surface area contributed by atoms with Crippen LogP contribution >= 0.6 is 0 Å². The van der Waals surface area contributed by atoms with Crippen molar-refractivity contribution in [3.05, 3.63) is 59.4 Å². The lowest BCUT2D eigenvalue weighted by Crippen LogP contribution is -2.44. The van der Waals surface area contributed by atoms with Crippen molar-refractivity contribution in [3.63, 3.8) is 0 Å². The first-order valence-electron chi connectivity index (χ1n) is 11.8. The van der Waals surface area contributed by atoms with Crippen LogP contribution in [-0.4, -0.2) is 68.3 Å². The van der Waals surface area contributed by atoms with Crippen LogP contribution in [0.25, 0.3) is 0 Å². The highest BCUT2D eigenvalue weighted by Gasteiger charge is 2.27. The predicted molar refractivity (Wildman–Crippen MR) is 124 cm³/mol. The van der Waals surface area contributed by atoms with Crippen LogP contribution in [-0.2, 0) is 11.3 Å². The molecule has 0 saturated carbocycles. The second-order valence-corrected chi connectivity index (χ2v) is 8.67. The number of rotatable bonds is 8. The van der Waals surface area contributed by atoms with Crippen molar-refractivity contribution in [2.24, 2.45) is 0 Å². The molecule has 4 rings (SSSR count). The van der Waals surface area contributed by atoms with E-state index in [4.69, 9.17) is 14.2 Å². The number of methoxy groups -OCH3 is 1. The molecule has 6 nitrogen and oxygen atoms in total. The Morgan fingerprint density at radius 3 is 2.73 bits per heavy atom. The summed E-state index contributed by atoms with van der Waals surface area (Å²) in [4.78, 5) is 17.3. The maximum absolute atomic E-state index is 13.6. The van der Waals surface area contributed by atoms with Crippen molar-refractivity contribution in [1.29, 1.82) is 0 Å². The maximum Gasteiger partial charge on any atom is 0.254 e. The van der Waals surface area contributed by atoms with Gasteiger partial charge in [0.05, 0.1) is 26.9 Å². The van der Waals surface area contributed by atoms with E-state index in [0.29, 0.717) is 24.5 Å². The molecule has 0 radical (unpaired) electrons. The lowest BCUT2D eigenvalue weighted by Gasteiger charge is -2.36. The predicted octanol–water partition coefficient (Wildman–Crippen LogP) is 4.13. The normalized spacial score (nSPS) is 19.3. The molecule has 2 aliphatic heterocycles. The van der Waals surface area contributed by atoms with E-state index in [1.165, 1.54) is 17.7 Å². The minimum atomic E-state index is -0.387. The molecule has 2 aromatic rings. The maximum atomic E-state index is 13.6. The van der Waals surface area contributed by atoms with Gasteiger partial charge in [-0.3, -0.25) is 9.69 Å². The van der Waals surface area contributed by atoms with E-state index in [9.17, 15) is 9.18 Å². The Hall–Kier alpha value is -2.64. The Morgan fingerprint density at radius 2 is 1.94 bits per heavy atom. The van der Waals surface area contributed by atoms with E-state index in [1.807, 2.05) is 17.0 Å². The average Bonchev–Trinajstić information content (AvgIpc) is 2.85. The molecule has 0 aromatic heterocycles. The number of ether oxygens (including phenoxy) is 3. The third-order valence-corrected chi connectivity index (χ3v) is 6.41. The monoisotopic (exact) mass is 456 g/mol. The fourth-order valence-electron chi connectivity index (χ4n) is 4.61. The number of amides is 1. The standard InChI is InChI=1S/C26H33FN2O4/c1-31-24-9-8-20(19-28-12-15-32-16-13-28)17-25(24)33-14-10-23-7-2-3-11-29(23)26(30)21-5-4-6-22(27)18-21/h4-6,8-9,17-18,23H,2-3,7,10-16,19H2,1H3. The smallest absolute Gasteiger partial charge is 0.254 e. The van der Waals surface area contributed by atoms with Gasteiger partial charge in [-0.05, 0) is 55.2 Å². The van der Waals surface area contributed by atoms with E-state index in [2.05, 4.69) is 11.0 Å². The van der Waals surface area contributed by atoms with Crippen LogP contribution < -0.4 is 9.47 Å². The Kier molecular flexibility index (Phi) is 8.18. The van der Waals surface area contributed by atoms with Crippen LogP contribution in [0.4, 0.5) is 4.39 Å². The molecule has 2 fully saturated rings. The van der Waals surface area contributed by atoms with Gasteiger partial charge in [-0.15, -0.1) is 0 Å². The molecule has 1 atom stereocenters. The number of hydrogen-bond donors (Lipinski definition) is 0. The van der Waals surface area contributed by atoms with E-state index in [1.54, 1.807) is 19.2 Å². The minimum absolute atomic E-state index is 0.0806. The second kappa shape index (κ2) is 11.5. The summed E-state index contributed by atoms with van der Waals surface area (Å²) < 4.78 is 30.7. The molecule has 0 spiro atoms. The first-order chi connectivity index (χ1) is 16.1. The number of hydrogen-bond acceptors (Lipinski definition) is 5. The van der Waals surface area contributed by atoms with Gasteiger partial charge in [0.15, 0.2) is 11.5 Å². The highest BCUT2D eigenvalue weighted by Crippen LogP contribution is 2.30. The summed E-state index contributed by atoms with van der Waals surface area (Å²) in [7, 11) is 1.64. The summed E-state index contributed by atoms with van der Waals surface area (Å²) in [5.74, 6) is 0.935. The zero-order valence-corrected chi connectivity index (χ0v) is 19.3. The first-order valence-corrected chi connectivity index (χ1v) is 11.8. The van der Waals surface area contributed by atoms with Crippen LogP contribution in [0, 0.1) is 5.82 Å². The molecule has 2 saturated heterocycles. The van der Waals surface area contributed by atoms with E-state index in [-0.39, 0.29) is 17.8 Å². The lowest BCUT2D eigenvalue weighted by atomic mass is 9.98. The van der Waals surface area contributed by atoms with Gasteiger partial charge in [0.25, 0.3) is 5.91 Å². The highest BCUT2D eigenvalue weighted by atomic mass is 19.1. The first kappa shape index (κ1) is 23.5.